The molecule has 0 saturated carbocycles. The molecular formula is C14H23N3O. The highest BCUT2D eigenvalue weighted by Gasteiger charge is 2.25. The molecule has 0 amide bonds. The van der Waals surface area contributed by atoms with E-state index < -0.39 is 6.10 Å². The maximum absolute atomic E-state index is 10.3. The molecule has 1 aromatic rings. The monoisotopic (exact) mass is 249 g/mol. The van der Waals surface area contributed by atoms with Crippen molar-refractivity contribution in [3.05, 3.63) is 29.6 Å². The molecule has 0 aromatic carbocycles. The number of aryl methyl sites for hydroxylation is 1. The third kappa shape index (κ3) is 3.28. The number of pyridine rings is 1. The number of rotatable bonds is 3. The molecule has 2 unspecified atom stereocenters. The maximum Gasteiger partial charge on any atom is 0.0820 e. The molecule has 0 radical (unpaired) electrons. The van der Waals surface area contributed by atoms with Gasteiger partial charge in [-0.2, -0.15) is 0 Å². The summed E-state index contributed by atoms with van der Waals surface area (Å²) in [6.07, 6.45) is 2.13. The molecule has 1 saturated heterocycles. The van der Waals surface area contributed by atoms with Crippen LogP contribution < -0.4 is 0 Å². The summed E-state index contributed by atoms with van der Waals surface area (Å²) in [6.45, 7) is 5.15. The second kappa shape index (κ2) is 5.78. The number of aliphatic hydroxyl groups is 1. The van der Waals surface area contributed by atoms with Gasteiger partial charge in [-0.15, -0.1) is 0 Å². The Labute approximate surface area is 109 Å². The predicted molar refractivity (Wildman–Crippen MR) is 72.5 cm³/mol. The highest BCUT2D eigenvalue weighted by atomic mass is 16.3. The first-order valence-electron chi connectivity index (χ1n) is 6.55. The van der Waals surface area contributed by atoms with Crippen molar-refractivity contribution in [3.63, 3.8) is 0 Å². The van der Waals surface area contributed by atoms with Crippen LogP contribution in [0.1, 0.15) is 23.8 Å². The van der Waals surface area contributed by atoms with Crippen LogP contribution in [0.5, 0.6) is 0 Å². The zero-order chi connectivity index (χ0) is 13.1. The number of hydrogen-bond acceptors (Lipinski definition) is 4. The molecule has 1 fully saturated rings. The van der Waals surface area contributed by atoms with Crippen LogP contribution in [0.3, 0.4) is 0 Å². The van der Waals surface area contributed by atoms with E-state index in [1.54, 1.807) is 6.20 Å². The zero-order valence-electron chi connectivity index (χ0n) is 11.5. The van der Waals surface area contributed by atoms with Crippen LogP contribution in [0.4, 0.5) is 0 Å². The summed E-state index contributed by atoms with van der Waals surface area (Å²) >= 11 is 0. The van der Waals surface area contributed by atoms with Crippen molar-refractivity contribution in [1.82, 2.24) is 14.8 Å². The van der Waals surface area contributed by atoms with E-state index in [2.05, 4.69) is 28.9 Å². The van der Waals surface area contributed by atoms with Crippen LogP contribution >= 0.6 is 0 Å². The van der Waals surface area contributed by atoms with Crippen molar-refractivity contribution in [2.75, 3.05) is 33.7 Å². The van der Waals surface area contributed by atoms with Crippen LogP contribution in [0.15, 0.2) is 18.3 Å². The molecule has 18 heavy (non-hydrogen) atoms. The van der Waals surface area contributed by atoms with E-state index in [0.29, 0.717) is 6.04 Å². The van der Waals surface area contributed by atoms with E-state index in [1.807, 2.05) is 19.1 Å². The Hall–Kier alpha value is -0.970. The van der Waals surface area contributed by atoms with Gasteiger partial charge in [0, 0.05) is 37.6 Å². The van der Waals surface area contributed by atoms with Gasteiger partial charge < -0.3 is 14.9 Å². The normalized spacial score (nSPS) is 24.1. The van der Waals surface area contributed by atoms with E-state index in [4.69, 9.17) is 0 Å². The third-order valence-corrected chi connectivity index (χ3v) is 3.79. The van der Waals surface area contributed by atoms with E-state index in [9.17, 15) is 5.11 Å². The lowest BCUT2D eigenvalue weighted by Gasteiger charge is -2.38. The molecule has 2 atom stereocenters. The van der Waals surface area contributed by atoms with Gasteiger partial charge in [0.2, 0.25) is 0 Å². The first-order valence-corrected chi connectivity index (χ1v) is 6.55. The summed E-state index contributed by atoms with van der Waals surface area (Å²) in [5, 5.41) is 10.3. The van der Waals surface area contributed by atoms with E-state index in [-0.39, 0.29) is 0 Å². The average molecular weight is 249 g/mol. The van der Waals surface area contributed by atoms with Gasteiger partial charge in [0.1, 0.15) is 0 Å². The Morgan fingerprint density at radius 2 is 2.17 bits per heavy atom. The lowest BCUT2D eigenvalue weighted by atomic mass is 10.0. The molecule has 4 heteroatoms. The second-order valence-corrected chi connectivity index (χ2v) is 5.38. The topological polar surface area (TPSA) is 39.6 Å². The Morgan fingerprint density at radius 1 is 1.39 bits per heavy atom. The largest absolute Gasteiger partial charge is 0.388 e. The smallest absolute Gasteiger partial charge is 0.0820 e. The molecule has 1 aliphatic heterocycles. The van der Waals surface area contributed by atoms with Gasteiger partial charge in [-0.1, -0.05) is 6.07 Å². The van der Waals surface area contributed by atoms with Gasteiger partial charge in [0.15, 0.2) is 0 Å². The molecule has 4 nitrogen and oxygen atoms in total. The van der Waals surface area contributed by atoms with Gasteiger partial charge in [0.05, 0.1) is 6.10 Å². The minimum absolute atomic E-state index is 0.417. The van der Waals surface area contributed by atoms with Gasteiger partial charge in [0.25, 0.3) is 0 Å². The Bertz CT molecular complexity index is 379. The highest BCUT2D eigenvalue weighted by molar-refractivity contribution is 5.16. The summed E-state index contributed by atoms with van der Waals surface area (Å²) in [5.74, 6) is 0. The minimum Gasteiger partial charge on any atom is -0.388 e. The summed E-state index contributed by atoms with van der Waals surface area (Å²) < 4.78 is 0. The number of likely N-dealkylation sites (N-methyl/N-ethyl adjacent to an activating group) is 2. The van der Waals surface area contributed by atoms with Gasteiger partial charge in [-0.05, 0) is 39.1 Å². The first kappa shape index (κ1) is 13.5. The van der Waals surface area contributed by atoms with Crippen molar-refractivity contribution in [2.45, 2.75) is 25.5 Å². The fourth-order valence-corrected chi connectivity index (χ4v) is 2.43. The maximum atomic E-state index is 10.3. The van der Waals surface area contributed by atoms with E-state index in [0.717, 1.165) is 37.3 Å². The Kier molecular flexibility index (Phi) is 4.32. The van der Waals surface area contributed by atoms with Gasteiger partial charge in [-0.3, -0.25) is 4.98 Å². The van der Waals surface area contributed by atoms with Crippen molar-refractivity contribution in [2.24, 2.45) is 0 Å². The number of hydrogen-bond donors (Lipinski definition) is 1. The summed E-state index contributed by atoms with van der Waals surface area (Å²) in [6, 6.07) is 4.34. The summed E-state index contributed by atoms with van der Waals surface area (Å²) in [5.41, 5.74) is 1.91. The molecule has 1 N–H and O–H groups in total. The van der Waals surface area contributed by atoms with Crippen LogP contribution in [-0.4, -0.2) is 59.7 Å². The van der Waals surface area contributed by atoms with Crippen molar-refractivity contribution < 1.29 is 5.11 Å². The molecular weight excluding hydrogens is 226 g/mol. The molecule has 0 aliphatic carbocycles. The highest BCUT2D eigenvalue weighted by Crippen LogP contribution is 2.21. The Morgan fingerprint density at radius 3 is 2.83 bits per heavy atom. The van der Waals surface area contributed by atoms with Crippen LogP contribution in [0.25, 0.3) is 0 Å². The molecule has 2 heterocycles. The molecule has 0 spiro atoms. The molecule has 1 aliphatic rings. The van der Waals surface area contributed by atoms with Crippen LogP contribution in [0, 0.1) is 6.92 Å². The molecule has 1 aromatic heterocycles. The lowest BCUT2D eigenvalue weighted by Crippen LogP contribution is -2.50. The fraction of sp³-hybridized carbons (Fsp3) is 0.643. The average Bonchev–Trinajstić information content (AvgIpc) is 2.34. The standard InChI is InChI=1S/C14H23N3O/c1-11-4-5-12(9-15-11)14(18)8-13-10-16(2)6-7-17(13)3/h4-5,9,13-14,18H,6-8,10H2,1-3H3. The summed E-state index contributed by atoms with van der Waals surface area (Å²) in [7, 11) is 4.28. The lowest BCUT2D eigenvalue weighted by molar-refractivity contribution is 0.0633. The second-order valence-electron chi connectivity index (χ2n) is 5.38. The van der Waals surface area contributed by atoms with Crippen molar-refractivity contribution in [3.8, 4) is 0 Å². The fourth-order valence-electron chi connectivity index (χ4n) is 2.43. The Balaban J connectivity index is 1.97. The minimum atomic E-state index is -0.419. The first-order chi connectivity index (χ1) is 8.56. The van der Waals surface area contributed by atoms with Crippen molar-refractivity contribution >= 4 is 0 Å². The number of aliphatic hydroxyl groups excluding tert-OH is 1. The number of nitrogens with zero attached hydrogens (tertiary/aromatic N) is 3. The third-order valence-electron chi connectivity index (χ3n) is 3.79. The van der Waals surface area contributed by atoms with E-state index in [1.165, 1.54) is 0 Å². The quantitative estimate of drug-likeness (QED) is 0.869. The van der Waals surface area contributed by atoms with Crippen molar-refractivity contribution in [1.29, 1.82) is 0 Å². The summed E-state index contributed by atoms with van der Waals surface area (Å²) in [4.78, 5) is 8.91. The van der Waals surface area contributed by atoms with Crippen LogP contribution in [-0.2, 0) is 0 Å². The molecule has 0 bridgehead atoms. The number of piperazine rings is 1. The van der Waals surface area contributed by atoms with Crippen LogP contribution in [0.2, 0.25) is 0 Å². The molecule has 2 rings (SSSR count). The predicted octanol–water partition coefficient (Wildman–Crippen LogP) is 1.06. The SMILES string of the molecule is Cc1ccc(C(O)CC2CN(C)CCN2C)cn1. The van der Waals surface area contributed by atoms with Gasteiger partial charge >= 0.3 is 0 Å². The number of aromatic nitrogens is 1. The molecule has 100 valence electrons. The zero-order valence-corrected chi connectivity index (χ0v) is 11.5. The van der Waals surface area contributed by atoms with Gasteiger partial charge in [-0.25, -0.2) is 0 Å². The van der Waals surface area contributed by atoms with E-state index >= 15 is 0 Å².